The Morgan fingerprint density at radius 2 is 1.85 bits per heavy atom. The molecule has 1 aromatic heterocycles. The number of aryl methyl sites for hydroxylation is 1. The van der Waals surface area contributed by atoms with Gasteiger partial charge in [-0.15, -0.1) is 0 Å². The van der Waals surface area contributed by atoms with Crippen molar-refractivity contribution in [3.63, 3.8) is 0 Å². The standard InChI is InChI=1S/C26H34N6O2/c1-17(2)32-16-21-23(25(32)34)27-26(30-13-11-29(12-14-30)19(4)33)28-24(21)31-10-6-9-22(31)20-8-5-7-18(3)15-20/h5,7-8,15,17,22H,6,9-14,16H2,1-4H3. The van der Waals surface area contributed by atoms with Gasteiger partial charge in [0.25, 0.3) is 5.91 Å². The van der Waals surface area contributed by atoms with Crippen LogP contribution in [0.5, 0.6) is 0 Å². The Bertz CT molecular complexity index is 1110. The molecular formula is C26H34N6O2. The molecule has 2 aromatic rings. The summed E-state index contributed by atoms with van der Waals surface area (Å²) in [7, 11) is 0. The van der Waals surface area contributed by atoms with Crippen LogP contribution in [-0.2, 0) is 11.3 Å². The van der Waals surface area contributed by atoms with Gasteiger partial charge in [-0.25, -0.2) is 4.98 Å². The Balaban J connectivity index is 1.54. The molecule has 1 aromatic carbocycles. The minimum Gasteiger partial charge on any atom is -0.349 e. The van der Waals surface area contributed by atoms with Crippen LogP contribution in [0.1, 0.15) is 66.8 Å². The molecule has 0 bridgehead atoms. The Morgan fingerprint density at radius 3 is 2.53 bits per heavy atom. The number of carbonyl (C=O) groups is 2. The van der Waals surface area contributed by atoms with Crippen LogP contribution >= 0.6 is 0 Å². The van der Waals surface area contributed by atoms with Crippen molar-refractivity contribution in [3.05, 3.63) is 46.6 Å². The second-order valence-electron chi connectivity index (χ2n) is 9.96. The van der Waals surface area contributed by atoms with Gasteiger partial charge in [0.2, 0.25) is 11.9 Å². The number of amides is 2. The maximum atomic E-state index is 13.3. The van der Waals surface area contributed by atoms with E-state index in [9.17, 15) is 9.59 Å². The molecule has 1 unspecified atom stereocenters. The van der Waals surface area contributed by atoms with Gasteiger partial charge in [-0.3, -0.25) is 9.59 Å². The Kier molecular flexibility index (Phi) is 5.91. The highest BCUT2D eigenvalue weighted by molar-refractivity contribution is 5.98. The van der Waals surface area contributed by atoms with Crippen LogP contribution in [0.15, 0.2) is 24.3 Å². The molecule has 1 atom stereocenters. The summed E-state index contributed by atoms with van der Waals surface area (Å²) < 4.78 is 0. The average Bonchev–Trinajstić information content (AvgIpc) is 3.44. The number of hydrogen-bond donors (Lipinski definition) is 0. The summed E-state index contributed by atoms with van der Waals surface area (Å²) >= 11 is 0. The third kappa shape index (κ3) is 3.99. The molecule has 2 amide bonds. The van der Waals surface area contributed by atoms with Crippen LogP contribution in [0, 0.1) is 6.92 Å². The van der Waals surface area contributed by atoms with E-state index in [2.05, 4.69) is 41.0 Å². The Morgan fingerprint density at radius 1 is 1.09 bits per heavy atom. The van der Waals surface area contributed by atoms with Gasteiger partial charge in [-0.2, -0.15) is 4.98 Å². The lowest BCUT2D eigenvalue weighted by atomic mass is 10.0. The lowest BCUT2D eigenvalue weighted by molar-refractivity contribution is -0.129. The maximum absolute atomic E-state index is 13.3. The molecule has 0 N–H and O–H groups in total. The van der Waals surface area contributed by atoms with Gasteiger partial charge in [0.15, 0.2) is 0 Å². The second-order valence-corrected chi connectivity index (χ2v) is 9.96. The molecule has 2 fully saturated rings. The SMILES string of the molecule is CC(=O)N1CCN(c2nc3c(c(N4CCCC4c4cccc(C)c4)n2)CN(C(C)C)C3=O)CC1. The fourth-order valence-electron chi connectivity index (χ4n) is 5.42. The maximum Gasteiger partial charge on any atom is 0.273 e. The molecule has 8 heteroatoms. The highest BCUT2D eigenvalue weighted by atomic mass is 16.2. The predicted molar refractivity (Wildman–Crippen MR) is 132 cm³/mol. The minimum atomic E-state index is -0.0106. The summed E-state index contributed by atoms with van der Waals surface area (Å²) in [6.45, 7) is 11.9. The van der Waals surface area contributed by atoms with Gasteiger partial charge in [-0.05, 0) is 39.2 Å². The van der Waals surface area contributed by atoms with Crippen LogP contribution in [-0.4, -0.2) is 70.3 Å². The lowest BCUT2D eigenvalue weighted by Gasteiger charge is -2.35. The molecule has 2 saturated heterocycles. The van der Waals surface area contributed by atoms with E-state index in [1.807, 2.05) is 23.6 Å². The fraction of sp³-hybridized carbons (Fsp3) is 0.538. The number of fused-ring (bicyclic) bond motifs is 1. The van der Waals surface area contributed by atoms with Crippen LogP contribution in [0.25, 0.3) is 0 Å². The van der Waals surface area contributed by atoms with Crippen molar-refractivity contribution in [2.75, 3.05) is 42.5 Å². The van der Waals surface area contributed by atoms with E-state index >= 15 is 0 Å². The molecule has 0 saturated carbocycles. The summed E-state index contributed by atoms with van der Waals surface area (Å²) in [5.41, 5.74) is 4.04. The van der Waals surface area contributed by atoms with Crippen LogP contribution in [0.4, 0.5) is 11.8 Å². The first kappa shape index (κ1) is 22.6. The Hall–Kier alpha value is -3.16. The van der Waals surface area contributed by atoms with Gasteiger partial charge in [0, 0.05) is 51.3 Å². The van der Waals surface area contributed by atoms with Gasteiger partial charge in [-0.1, -0.05) is 29.8 Å². The summed E-state index contributed by atoms with van der Waals surface area (Å²) in [6, 6.07) is 9.05. The lowest BCUT2D eigenvalue weighted by Crippen LogP contribution is -2.48. The number of carbonyl (C=O) groups excluding carboxylic acids is 2. The van der Waals surface area contributed by atoms with E-state index in [4.69, 9.17) is 9.97 Å². The van der Waals surface area contributed by atoms with Crippen molar-refractivity contribution in [3.8, 4) is 0 Å². The van der Waals surface area contributed by atoms with Crippen molar-refractivity contribution in [1.29, 1.82) is 0 Å². The first-order valence-corrected chi connectivity index (χ1v) is 12.4. The first-order valence-electron chi connectivity index (χ1n) is 12.4. The summed E-state index contributed by atoms with van der Waals surface area (Å²) in [5, 5.41) is 0. The van der Waals surface area contributed by atoms with E-state index in [1.165, 1.54) is 11.1 Å². The predicted octanol–water partition coefficient (Wildman–Crippen LogP) is 3.16. The number of hydrogen-bond acceptors (Lipinski definition) is 6. The van der Waals surface area contributed by atoms with Gasteiger partial charge in [0.1, 0.15) is 11.5 Å². The largest absolute Gasteiger partial charge is 0.349 e. The van der Waals surface area contributed by atoms with E-state index in [-0.39, 0.29) is 23.9 Å². The number of rotatable bonds is 4. The molecule has 180 valence electrons. The zero-order valence-electron chi connectivity index (χ0n) is 20.6. The molecule has 4 heterocycles. The van der Waals surface area contributed by atoms with Crippen LogP contribution < -0.4 is 9.80 Å². The molecule has 5 rings (SSSR count). The zero-order chi connectivity index (χ0) is 24.0. The molecule has 34 heavy (non-hydrogen) atoms. The zero-order valence-corrected chi connectivity index (χ0v) is 20.6. The van der Waals surface area contributed by atoms with E-state index in [0.29, 0.717) is 44.4 Å². The van der Waals surface area contributed by atoms with Gasteiger partial charge >= 0.3 is 0 Å². The van der Waals surface area contributed by atoms with Gasteiger partial charge < -0.3 is 19.6 Å². The normalized spacial score (nSPS) is 20.5. The molecular weight excluding hydrogens is 428 g/mol. The summed E-state index contributed by atoms with van der Waals surface area (Å²) in [5.74, 6) is 1.58. The van der Waals surface area contributed by atoms with Gasteiger partial charge in [0.05, 0.1) is 12.6 Å². The van der Waals surface area contributed by atoms with E-state index in [1.54, 1.807) is 6.92 Å². The average molecular weight is 463 g/mol. The first-order chi connectivity index (χ1) is 16.3. The molecule has 8 nitrogen and oxygen atoms in total. The van der Waals surface area contributed by atoms with Crippen molar-refractivity contribution in [2.45, 2.75) is 59.2 Å². The highest BCUT2D eigenvalue weighted by Gasteiger charge is 2.39. The monoisotopic (exact) mass is 462 g/mol. The topological polar surface area (TPSA) is 72.9 Å². The van der Waals surface area contributed by atoms with Crippen molar-refractivity contribution < 1.29 is 9.59 Å². The molecule has 0 radical (unpaired) electrons. The molecule has 3 aliphatic rings. The third-order valence-corrected chi connectivity index (χ3v) is 7.35. The molecule has 0 spiro atoms. The molecule has 0 aliphatic carbocycles. The smallest absolute Gasteiger partial charge is 0.273 e. The number of piperazine rings is 1. The van der Waals surface area contributed by atoms with Crippen molar-refractivity contribution >= 4 is 23.6 Å². The van der Waals surface area contributed by atoms with Crippen molar-refractivity contribution in [2.24, 2.45) is 0 Å². The number of nitrogens with zero attached hydrogens (tertiary/aromatic N) is 6. The minimum absolute atomic E-state index is 0.0106. The van der Waals surface area contributed by atoms with E-state index < -0.39 is 0 Å². The quantitative estimate of drug-likeness (QED) is 0.695. The third-order valence-electron chi connectivity index (χ3n) is 7.35. The second kappa shape index (κ2) is 8.89. The number of anilines is 2. The van der Waals surface area contributed by atoms with Crippen LogP contribution in [0.3, 0.4) is 0 Å². The van der Waals surface area contributed by atoms with E-state index in [0.717, 1.165) is 30.8 Å². The fourth-order valence-corrected chi connectivity index (χ4v) is 5.42. The highest BCUT2D eigenvalue weighted by Crippen LogP contribution is 2.40. The molecule has 3 aliphatic heterocycles. The summed E-state index contributed by atoms with van der Waals surface area (Å²) in [6.07, 6.45) is 2.16. The Labute approximate surface area is 201 Å². The number of aromatic nitrogens is 2. The summed E-state index contributed by atoms with van der Waals surface area (Å²) in [4.78, 5) is 43.3. The van der Waals surface area contributed by atoms with Crippen LogP contribution in [0.2, 0.25) is 0 Å². The number of benzene rings is 1. The van der Waals surface area contributed by atoms with Crippen molar-refractivity contribution in [1.82, 2.24) is 19.8 Å².